The molecular weight excluding hydrogens is 343 g/mol. The smallest absolute Gasteiger partial charge is 0.333 e. The second-order valence-electron chi connectivity index (χ2n) is 7.51. The number of carbonyl (C=O) groups excluding carboxylic acids is 1. The molecule has 2 aromatic rings. The number of esters is 1. The highest BCUT2D eigenvalue weighted by molar-refractivity contribution is 5.82. The third-order valence-corrected chi connectivity index (χ3v) is 5.82. The lowest BCUT2D eigenvalue weighted by molar-refractivity contribution is -0.160. The van der Waals surface area contributed by atoms with Gasteiger partial charge < -0.3 is 9.64 Å². The number of carbonyl (C=O) groups is 1. The van der Waals surface area contributed by atoms with Crippen LogP contribution in [0, 0.1) is 11.7 Å². The molecule has 0 aromatic heterocycles. The van der Waals surface area contributed by atoms with E-state index in [1.807, 2.05) is 42.3 Å². The second kappa shape index (κ2) is 7.69. The van der Waals surface area contributed by atoms with E-state index < -0.39 is 6.04 Å². The first-order valence-corrected chi connectivity index (χ1v) is 9.58. The highest BCUT2D eigenvalue weighted by Crippen LogP contribution is 2.32. The van der Waals surface area contributed by atoms with Crippen LogP contribution < -0.4 is 4.90 Å². The van der Waals surface area contributed by atoms with Gasteiger partial charge in [0.1, 0.15) is 11.9 Å². The van der Waals surface area contributed by atoms with Gasteiger partial charge >= 0.3 is 5.97 Å². The lowest BCUT2D eigenvalue weighted by Crippen LogP contribution is -2.52. The number of fused-ring (bicyclic) bond motifs is 3. The maximum absolute atomic E-state index is 13.3. The van der Waals surface area contributed by atoms with Crippen molar-refractivity contribution in [1.29, 1.82) is 0 Å². The van der Waals surface area contributed by atoms with Crippen LogP contribution in [0.25, 0.3) is 0 Å². The average molecular weight is 368 g/mol. The zero-order valence-electron chi connectivity index (χ0n) is 15.6. The van der Waals surface area contributed by atoms with Crippen LogP contribution >= 0.6 is 0 Å². The Balaban J connectivity index is 1.58. The number of anilines is 1. The molecule has 0 spiro atoms. The maximum atomic E-state index is 13.3. The fourth-order valence-electron chi connectivity index (χ4n) is 4.24. The summed E-state index contributed by atoms with van der Waals surface area (Å²) in [5.41, 5.74) is 1.65. The van der Waals surface area contributed by atoms with Gasteiger partial charge in [0.05, 0.1) is 0 Å². The topological polar surface area (TPSA) is 32.8 Å². The van der Waals surface area contributed by atoms with Crippen molar-refractivity contribution in [3.8, 4) is 0 Å². The lowest BCUT2D eigenvalue weighted by atomic mass is 9.86. The largest absolute Gasteiger partial charge is 0.459 e. The molecule has 3 fully saturated rings. The first-order chi connectivity index (χ1) is 13.1. The SMILES string of the molecule is CN(c1ccc(F)cc1)C(C(=O)OC1CN2CCC1CC2)c1ccccc1. The second-order valence-corrected chi connectivity index (χ2v) is 7.51. The normalized spacial score (nSPS) is 25.0. The number of rotatable bonds is 5. The average Bonchev–Trinajstić information content (AvgIpc) is 2.70. The van der Waals surface area contributed by atoms with Gasteiger partial charge in [0, 0.05) is 19.3 Å². The van der Waals surface area contributed by atoms with Crippen molar-refractivity contribution in [2.24, 2.45) is 5.92 Å². The van der Waals surface area contributed by atoms with E-state index in [1.54, 1.807) is 12.1 Å². The fraction of sp³-hybridized carbons (Fsp3) is 0.409. The van der Waals surface area contributed by atoms with Gasteiger partial charge in [-0.25, -0.2) is 9.18 Å². The Kier molecular flexibility index (Phi) is 5.12. The minimum atomic E-state index is -0.563. The molecule has 0 saturated carbocycles. The van der Waals surface area contributed by atoms with E-state index in [0.717, 1.165) is 43.7 Å². The standard InChI is InChI=1S/C22H25FN2O2/c1-24(19-9-7-18(23)8-10-19)21(17-5-3-2-4-6-17)22(26)27-20-15-25-13-11-16(20)12-14-25/h2-10,16,20-21H,11-15H2,1H3. The molecule has 0 radical (unpaired) electrons. The third kappa shape index (κ3) is 3.83. The summed E-state index contributed by atoms with van der Waals surface area (Å²) >= 11 is 0. The van der Waals surface area contributed by atoms with E-state index in [2.05, 4.69) is 4.90 Å². The number of benzene rings is 2. The predicted molar refractivity (Wildman–Crippen MR) is 103 cm³/mol. The summed E-state index contributed by atoms with van der Waals surface area (Å²) in [4.78, 5) is 17.4. The Bertz CT molecular complexity index is 773. The molecule has 3 aliphatic rings. The van der Waals surface area contributed by atoms with Crippen LogP contribution in [-0.4, -0.2) is 43.7 Å². The highest BCUT2D eigenvalue weighted by atomic mass is 19.1. The number of likely N-dealkylation sites (N-methyl/N-ethyl adjacent to an activating group) is 1. The molecule has 142 valence electrons. The fourth-order valence-corrected chi connectivity index (χ4v) is 4.24. The van der Waals surface area contributed by atoms with Gasteiger partial charge in [0.2, 0.25) is 0 Å². The van der Waals surface area contributed by atoms with Gasteiger partial charge in [0.15, 0.2) is 6.04 Å². The van der Waals surface area contributed by atoms with Crippen LogP contribution in [0.3, 0.4) is 0 Å². The molecule has 5 rings (SSSR count). The summed E-state index contributed by atoms with van der Waals surface area (Å²) in [5, 5.41) is 0. The van der Waals surface area contributed by atoms with Gasteiger partial charge in [-0.1, -0.05) is 30.3 Å². The molecular formula is C22H25FN2O2. The molecule has 3 saturated heterocycles. The van der Waals surface area contributed by atoms with Crippen LogP contribution in [0.4, 0.5) is 10.1 Å². The van der Waals surface area contributed by atoms with Crippen LogP contribution in [0.2, 0.25) is 0 Å². The van der Waals surface area contributed by atoms with Gasteiger partial charge in [0.25, 0.3) is 0 Å². The van der Waals surface area contributed by atoms with Gasteiger partial charge in [-0.05, 0) is 61.7 Å². The predicted octanol–water partition coefficient (Wildman–Crippen LogP) is 3.64. The summed E-state index contributed by atoms with van der Waals surface area (Å²) in [5.74, 6) is -0.0726. The van der Waals surface area contributed by atoms with Gasteiger partial charge in [-0.15, -0.1) is 0 Å². The first-order valence-electron chi connectivity index (χ1n) is 9.58. The van der Waals surface area contributed by atoms with Crippen molar-refractivity contribution in [2.45, 2.75) is 25.0 Å². The van der Waals surface area contributed by atoms with Crippen molar-refractivity contribution in [1.82, 2.24) is 4.90 Å². The van der Waals surface area contributed by atoms with Crippen LogP contribution in [-0.2, 0) is 9.53 Å². The Morgan fingerprint density at radius 3 is 2.37 bits per heavy atom. The van der Waals surface area contributed by atoms with Crippen molar-refractivity contribution >= 4 is 11.7 Å². The summed E-state index contributed by atoms with van der Waals surface area (Å²) in [6.45, 7) is 3.05. The number of nitrogens with zero attached hydrogens (tertiary/aromatic N) is 2. The monoisotopic (exact) mass is 368 g/mol. The van der Waals surface area contributed by atoms with E-state index >= 15 is 0 Å². The van der Waals surface area contributed by atoms with E-state index in [-0.39, 0.29) is 17.9 Å². The van der Waals surface area contributed by atoms with Crippen LogP contribution in [0.5, 0.6) is 0 Å². The number of ether oxygens (including phenoxy) is 1. The van der Waals surface area contributed by atoms with Crippen LogP contribution in [0.1, 0.15) is 24.4 Å². The molecule has 4 nitrogen and oxygen atoms in total. The van der Waals surface area contributed by atoms with Crippen molar-refractivity contribution < 1.29 is 13.9 Å². The minimum absolute atomic E-state index is 0.0344. The van der Waals surface area contributed by atoms with E-state index in [9.17, 15) is 9.18 Å². The van der Waals surface area contributed by atoms with Crippen molar-refractivity contribution in [2.75, 3.05) is 31.6 Å². The van der Waals surface area contributed by atoms with Crippen molar-refractivity contribution in [3.63, 3.8) is 0 Å². The zero-order chi connectivity index (χ0) is 18.8. The molecule has 2 unspecified atom stereocenters. The number of hydrogen-bond donors (Lipinski definition) is 0. The van der Waals surface area contributed by atoms with Crippen molar-refractivity contribution in [3.05, 3.63) is 66.0 Å². The Morgan fingerprint density at radius 1 is 1.11 bits per heavy atom. The number of hydrogen-bond acceptors (Lipinski definition) is 4. The molecule has 2 atom stereocenters. The first kappa shape index (κ1) is 18.0. The summed E-state index contributed by atoms with van der Waals surface area (Å²) in [6, 6.07) is 15.3. The van der Waals surface area contributed by atoms with E-state index in [0.29, 0.717) is 5.92 Å². The molecule has 2 aromatic carbocycles. The van der Waals surface area contributed by atoms with E-state index in [1.165, 1.54) is 12.1 Å². The van der Waals surface area contributed by atoms with E-state index in [4.69, 9.17) is 4.74 Å². The molecule has 2 bridgehead atoms. The molecule has 0 N–H and O–H groups in total. The molecule has 27 heavy (non-hydrogen) atoms. The highest BCUT2D eigenvalue weighted by Gasteiger charge is 2.38. The third-order valence-electron chi connectivity index (χ3n) is 5.82. The molecule has 5 heteroatoms. The molecule has 0 aliphatic carbocycles. The Morgan fingerprint density at radius 2 is 1.78 bits per heavy atom. The summed E-state index contributed by atoms with van der Waals surface area (Å²) in [7, 11) is 1.85. The lowest BCUT2D eigenvalue weighted by Gasteiger charge is -2.44. The summed E-state index contributed by atoms with van der Waals surface area (Å²) in [6.07, 6.45) is 2.16. The number of piperidine rings is 3. The summed E-state index contributed by atoms with van der Waals surface area (Å²) < 4.78 is 19.3. The maximum Gasteiger partial charge on any atom is 0.333 e. The quantitative estimate of drug-likeness (QED) is 0.755. The molecule has 3 heterocycles. The minimum Gasteiger partial charge on any atom is -0.459 e. The molecule has 3 aliphatic heterocycles. The van der Waals surface area contributed by atoms with Gasteiger partial charge in [-0.3, -0.25) is 4.90 Å². The van der Waals surface area contributed by atoms with Gasteiger partial charge in [-0.2, -0.15) is 0 Å². The number of halogens is 1. The Labute approximate surface area is 159 Å². The molecule has 0 amide bonds. The Hall–Kier alpha value is -2.40. The zero-order valence-corrected chi connectivity index (χ0v) is 15.6. The van der Waals surface area contributed by atoms with Crippen LogP contribution in [0.15, 0.2) is 54.6 Å².